The molecule has 5 heterocycles. The van der Waals surface area contributed by atoms with E-state index in [1.165, 1.54) is 6.92 Å². The second-order valence-corrected chi connectivity index (χ2v) is 17.0. The summed E-state index contributed by atoms with van der Waals surface area (Å²) in [6.07, 6.45) is -7.49. The quantitative estimate of drug-likeness (QED) is 0.0796. The van der Waals surface area contributed by atoms with Crippen LogP contribution in [0.5, 0.6) is 0 Å². The van der Waals surface area contributed by atoms with Crippen molar-refractivity contribution in [3.63, 3.8) is 0 Å². The Morgan fingerprint density at radius 1 is 0.863 bits per heavy atom. The van der Waals surface area contributed by atoms with Gasteiger partial charge in [-0.2, -0.15) is 12.9 Å². The van der Waals surface area contributed by atoms with E-state index in [1.807, 2.05) is 4.98 Å². The highest BCUT2D eigenvalue weighted by molar-refractivity contribution is 7.69. The van der Waals surface area contributed by atoms with Gasteiger partial charge >= 0.3 is 37.0 Å². The molecule has 3 aromatic rings. The number of aromatic nitrogens is 6. The SMILES string of the molecule is Cc1cn([C@H]2C[C@H](O)[C@@H](COP(=O)(O)OP(=O)(O)OP(=O)(O)OP(=O)(O)OC[C@H]3O[C@@H](n4cnc5c(N)ncnc54)[C@H](O)[C@@H]3O)O2)c(=O)[nH]c1=O. The standard InChI is InChI=1S/C20H29N7O20P4/c1-8-3-26(20(32)25-18(8)31)12-2-9(28)10(43-12)4-41-48(33,34)45-50(37,38)47-51(39,40)46-49(35,36)42-5-11-14(29)15(30)19(44-11)27-7-24-13-16(21)22-6-23-17(13)27/h3,6-7,9-12,14-15,19,28-30H,2,4-5H2,1H3,(H,33,34)(H,35,36)(H,37,38)(H,39,40)(H2,21,22,23)(H,25,31,32)/t9-,10+,11+,12+,14+,15+,19+/m0/s1. The number of ether oxygens (including phenoxy) is 2. The topological polar surface area (TPSA) is 399 Å². The van der Waals surface area contributed by atoms with E-state index >= 15 is 0 Å². The molecule has 10 N–H and O–H groups in total. The maximum absolute atomic E-state index is 12.4. The second-order valence-electron chi connectivity index (χ2n) is 10.8. The van der Waals surface area contributed by atoms with Gasteiger partial charge in [0, 0.05) is 18.2 Å². The van der Waals surface area contributed by atoms with E-state index in [4.69, 9.17) is 15.2 Å². The number of rotatable bonds is 14. The maximum Gasteiger partial charge on any atom is 0.490 e. The van der Waals surface area contributed by atoms with E-state index in [0.29, 0.717) is 0 Å². The van der Waals surface area contributed by atoms with Gasteiger partial charge in [-0.25, -0.2) is 38.0 Å². The second kappa shape index (κ2) is 14.7. The first-order chi connectivity index (χ1) is 23.6. The number of phosphoric acid groups is 4. The summed E-state index contributed by atoms with van der Waals surface area (Å²) >= 11 is 0. The van der Waals surface area contributed by atoms with Gasteiger partial charge in [-0.3, -0.25) is 28.0 Å². The van der Waals surface area contributed by atoms with Crippen molar-refractivity contribution >= 4 is 48.3 Å². The summed E-state index contributed by atoms with van der Waals surface area (Å²) in [5, 5.41) is 31.1. The number of nitrogens with one attached hydrogen (secondary N) is 1. The van der Waals surface area contributed by atoms with Crippen molar-refractivity contribution in [1.29, 1.82) is 0 Å². The number of aryl methyl sites for hydroxylation is 1. The molecule has 0 radical (unpaired) electrons. The van der Waals surface area contributed by atoms with Gasteiger partial charge in [0.1, 0.15) is 42.5 Å². The van der Waals surface area contributed by atoms with Gasteiger partial charge in [0.2, 0.25) is 0 Å². The molecule has 2 aliphatic heterocycles. The van der Waals surface area contributed by atoms with Crippen LogP contribution in [0.4, 0.5) is 5.82 Å². The summed E-state index contributed by atoms with van der Waals surface area (Å²) < 4.78 is 82.8. The van der Waals surface area contributed by atoms with Gasteiger partial charge < -0.3 is 50.1 Å². The first-order valence-electron chi connectivity index (χ1n) is 13.9. The molecule has 0 aromatic carbocycles. The number of nitrogens with two attached hydrogens (primary N) is 1. The summed E-state index contributed by atoms with van der Waals surface area (Å²) in [4.78, 5) is 76.8. The zero-order chi connectivity index (χ0) is 37.7. The van der Waals surface area contributed by atoms with E-state index < -0.39 is 98.7 Å². The van der Waals surface area contributed by atoms with E-state index in [-0.39, 0.29) is 29.0 Å². The number of nitrogens with zero attached hydrogens (tertiary/aromatic N) is 5. The fourth-order valence-electron chi connectivity index (χ4n) is 4.79. The lowest BCUT2D eigenvalue weighted by molar-refractivity contribution is -0.0503. The number of nitrogen functional groups attached to an aromatic ring is 1. The summed E-state index contributed by atoms with van der Waals surface area (Å²) in [5.41, 5.74) is 4.47. The number of aromatic amines is 1. The van der Waals surface area contributed by atoms with Gasteiger partial charge in [0.05, 0.1) is 25.6 Å². The first-order valence-corrected chi connectivity index (χ1v) is 19.9. The molecule has 4 unspecified atom stereocenters. The van der Waals surface area contributed by atoms with E-state index in [0.717, 1.165) is 28.0 Å². The van der Waals surface area contributed by atoms with E-state index in [2.05, 4.69) is 36.9 Å². The Morgan fingerprint density at radius 2 is 1.45 bits per heavy atom. The average molecular weight is 811 g/mol. The third-order valence-corrected chi connectivity index (χ3v) is 13.0. The monoisotopic (exact) mass is 811 g/mol. The molecule has 51 heavy (non-hydrogen) atoms. The Kier molecular flexibility index (Phi) is 11.4. The minimum atomic E-state index is -6.18. The van der Waals surface area contributed by atoms with Crippen molar-refractivity contribution in [2.75, 3.05) is 18.9 Å². The van der Waals surface area contributed by atoms with Gasteiger partial charge in [-0.1, -0.05) is 0 Å². The van der Waals surface area contributed by atoms with Crippen LogP contribution >= 0.6 is 31.3 Å². The number of aliphatic hydroxyl groups excluding tert-OH is 3. The number of hydrogen-bond acceptors (Lipinski definition) is 20. The van der Waals surface area contributed by atoms with Crippen LogP contribution in [0.2, 0.25) is 0 Å². The summed E-state index contributed by atoms with van der Waals surface area (Å²) in [6, 6.07) is 0. The lowest BCUT2D eigenvalue weighted by atomic mass is 10.1. The summed E-state index contributed by atoms with van der Waals surface area (Å²) in [6.45, 7) is -0.750. The molecule has 0 aliphatic carbocycles. The smallest absolute Gasteiger partial charge is 0.390 e. The van der Waals surface area contributed by atoms with Crippen molar-refractivity contribution in [2.24, 2.45) is 0 Å². The van der Waals surface area contributed by atoms with Crippen molar-refractivity contribution < 1.29 is 84.6 Å². The van der Waals surface area contributed by atoms with Crippen molar-refractivity contribution in [2.45, 2.75) is 56.3 Å². The fourth-order valence-corrected chi connectivity index (χ4v) is 9.74. The molecule has 27 nitrogen and oxygen atoms in total. The Labute approximate surface area is 282 Å². The largest absolute Gasteiger partial charge is 0.490 e. The highest BCUT2D eigenvalue weighted by Gasteiger charge is 2.49. The van der Waals surface area contributed by atoms with Crippen LogP contribution in [0.15, 0.2) is 28.4 Å². The minimum absolute atomic E-state index is 0.0142. The van der Waals surface area contributed by atoms with Crippen LogP contribution in [0.1, 0.15) is 24.4 Å². The van der Waals surface area contributed by atoms with Crippen molar-refractivity contribution in [3.8, 4) is 0 Å². The van der Waals surface area contributed by atoms with Crippen LogP contribution in [-0.2, 0) is 49.7 Å². The van der Waals surface area contributed by atoms with Crippen molar-refractivity contribution in [1.82, 2.24) is 29.1 Å². The van der Waals surface area contributed by atoms with Gasteiger partial charge in [-0.15, -0.1) is 0 Å². The molecule has 3 aromatic heterocycles. The predicted octanol–water partition coefficient (Wildman–Crippen LogP) is -1.98. The Balaban J connectivity index is 1.13. The van der Waals surface area contributed by atoms with Crippen LogP contribution in [0.25, 0.3) is 11.2 Å². The highest BCUT2D eigenvalue weighted by atomic mass is 31.3. The summed E-state index contributed by atoms with van der Waals surface area (Å²) in [7, 11) is -23.8. The molecule has 31 heteroatoms. The summed E-state index contributed by atoms with van der Waals surface area (Å²) in [5.74, 6) is -0.0142. The Morgan fingerprint density at radius 3 is 2.08 bits per heavy atom. The molecule has 284 valence electrons. The van der Waals surface area contributed by atoms with Crippen LogP contribution in [0, 0.1) is 6.92 Å². The molecule has 2 saturated heterocycles. The predicted molar refractivity (Wildman–Crippen MR) is 161 cm³/mol. The highest BCUT2D eigenvalue weighted by Crippen LogP contribution is 2.71. The molecular weight excluding hydrogens is 782 g/mol. The normalized spacial score (nSPS) is 30.1. The molecule has 0 amide bonds. The van der Waals surface area contributed by atoms with E-state index in [9.17, 15) is 62.7 Å². The fraction of sp³-hybridized carbons (Fsp3) is 0.550. The Bertz CT molecular complexity index is 2090. The molecule has 2 aliphatic rings. The van der Waals surface area contributed by atoms with Gasteiger partial charge in [0.25, 0.3) is 5.56 Å². The Hall–Kier alpha value is -2.61. The van der Waals surface area contributed by atoms with E-state index in [1.54, 1.807) is 0 Å². The van der Waals surface area contributed by atoms with Gasteiger partial charge in [-0.05, 0) is 6.92 Å². The molecule has 11 atom stereocenters. The maximum atomic E-state index is 12.4. The van der Waals surface area contributed by atoms with Crippen molar-refractivity contribution in [3.05, 3.63) is 45.3 Å². The zero-order valence-electron chi connectivity index (χ0n) is 25.4. The number of fused-ring (bicyclic) bond motifs is 1. The third-order valence-electron chi connectivity index (χ3n) is 7.08. The molecule has 0 bridgehead atoms. The average Bonchev–Trinajstić information content (AvgIpc) is 3.67. The lowest BCUT2D eigenvalue weighted by Gasteiger charge is -2.21. The van der Waals surface area contributed by atoms with Crippen LogP contribution in [-0.4, -0.2) is 108 Å². The molecule has 0 saturated carbocycles. The van der Waals surface area contributed by atoms with Crippen LogP contribution < -0.4 is 17.0 Å². The van der Waals surface area contributed by atoms with Gasteiger partial charge in [0.15, 0.2) is 17.7 Å². The first kappa shape index (κ1) is 39.6. The molecule has 5 rings (SSSR count). The number of imidazole rings is 1. The number of hydrogen-bond donors (Lipinski definition) is 9. The zero-order valence-corrected chi connectivity index (χ0v) is 29.0. The molecular formula is C20H29N7O20P4. The lowest BCUT2D eigenvalue weighted by Crippen LogP contribution is -2.33. The number of phosphoric ester groups is 2. The minimum Gasteiger partial charge on any atom is -0.390 e. The number of anilines is 1. The third kappa shape index (κ3) is 9.31. The number of H-pyrrole nitrogens is 1. The molecule has 2 fully saturated rings. The molecule has 0 spiro atoms. The number of aliphatic hydroxyl groups is 3. The van der Waals surface area contributed by atoms with Crippen LogP contribution in [0.3, 0.4) is 0 Å².